The fourth-order valence-corrected chi connectivity index (χ4v) is 3.38. The molecule has 4 rings (SSSR count). The Kier molecular flexibility index (Phi) is 6.83. The van der Waals surface area contributed by atoms with Gasteiger partial charge in [-0.2, -0.15) is 0 Å². The Morgan fingerprint density at radius 1 is 1.00 bits per heavy atom. The molecule has 0 saturated heterocycles. The SMILES string of the molecule is O=C(CCCc1nc(NC(=O)Nc2ccc(Cl)cc2)c(C(=O)O)[nH]1)Nc1ccc2[nH]c(=O)oc2c1. The van der Waals surface area contributed by atoms with Crippen molar-refractivity contribution in [2.24, 2.45) is 0 Å². The summed E-state index contributed by atoms with van der Waals surface area (Å²) in [6, 6.07) is 10.5. The lowest BCUT2D eigenvalue weighted by Gasteiger charge is -2.06. The van der Waals surface area contributed by atoms with Crippen LogP contribution in [0.1, 0.15) is 29.2 Å². The minimum atomic E-state index is -1.30. The van der Waals surface area contributed by atoms with Gasteiger partial charge in [0.25, 0.3) is 0 Å². The van der Waals surface area contributed by atoms with Gasteiger partial charge >= 0.3 is 17.8 Å². The normalized spacial score (nSPS) is 10.8. The van der Waals surface area contributed by atoms with Crippen LogP contribution in [0.5, 0.6) is 0 Å². The maximum absolute atomic E-state index is 12.3. The Morgan fingerprint density at radius 2 is 1.74 bits per heavy atom. The van der Waals surface area contributed by atoms with Gasteiger partial charge in [0.2, 0.25) is 5.91 Å². The number of imidazole rings is 1. The maximum Gasteiger partial charge on any atom is 0.417 e. The van der Waals surface area contributed by atoms with Crippen molar-refractivity contribution in [1.29, 1.82) is 0 Å². The molecular formula is C22H19ClN6O6. The fourth-order valence-electron chi connectivity index (χ4n) is 3.25. The highest BCUT2D eigenvalue weighted by Crippen LogP contribution is 2.18. The number of halogens is 1. The number of aromatic carboxylic acids is 1. The minimum Gasteiger partial charge on any atom is -0.476 e. The highest BCUT2D eigenvalue weighted by molar-refractivity contribution is 6.30. The van der Waals surface area contributed by atoms with Gasteiger partial charge in [0.15, 0.2) is 17.1 Å². The lowest BCUT2D eigenvalue weighted by Crippen LogP contribution is -2.21. The van der Waals surface area contributed by atoms with Crippen LogP contribution in [0.4, 0.5) is 22.0 Å². The Bertz CT molecular complexity index is 1460. The second-order valence-corrected chi connectivity index (χ2v) is 7.86. The molecule has 4 aromatic rings. The van der Waals surface area contributed by atoms with Gasteiger partial charge in [-0.05, 0) is 42.8 Å². The summed E-state index contributed by atoms with van der Waals surface area (Å²) < 4.78 is 4.96. The van der Waals surface area contributed by atoms with Crippen molar-refractivity contribution in [3.05, 3.63) is 69.6 Å². The van der Waals surface area contributed by atoms with Crippen LogP contribution in [0.3, 0.4) is 0 Å². The molecular weight excluding hydrogens is 480 g/mol. The topological polar surface area (TPSA) is 182 Å². The van der Waals surface area contributed by atoms with Crippen molar-refractivity contribution in [3.63, 3.8) is 0 Å². The number of fused-ring (bicyclic) bond motifs is 1. The number of urea groups is 1. The molecule has 3 amide bonds. The van der Waals surface area contributed by atoms with Crippen molar-refractivity contribution in [2.45, 2.75) is 19.3 Å². The van der Waals surface area contributed by atoms with E-state index in [9.17, 15) is 24.3 Å². The van der Waals surface area contributed by atoms with Crippen LogP contribution in [0.15, 0.2) is 51.7 Å². The highest BCUT2D eigenvalue weighted by atomic mass is 35.5. The summed E-state index contributed by atoms with van der Waals surface area (Å²) in [5.74, 6) is -2.01. The zero-order valence-corrected chi connectivity index (χ0v) is 18.7. The molecule has 0 unspecified atom stereocenters. The number of rotatable bonds is 8. The fraction of sp³-hybridized carbons (Fsp3) is 0.136. The quantitative estimate of drug-likeness (QED) is 0.213. The zero-order chi connectivity index (χ0) is 24.9. The summed E-state index contributed by atoms with van der Waals surface area (Å²) in [6.07, 6.45) is 0.744. The van der Waals surface area contributed by atoms with Crippen LogP contribution in [-0.4, -0.2) is 38.0 Å². The molecule has 0 radical (unpaired) electrons. The molecule has 180 valence electrons. The van der Waals surface area contributed by atoms with Gasteiger partial charge in [0, 0.05) is 35.3 Å². The highest BCUT2D eigenvalue weighted by Gasteiger charge is 2.19. The number of carboxylic acid groups (broad SMARTS) is 1. The van der Waals surface area contributed by atoms with E-state index in [1.54, 1.807) is 36.4 Å². The number of H-pyrrole nitrogens is 2. The van der Waals surface area contributed by atoms with Gasteiger partial charge in [0.1, 0.15) is 5.82 Å². The third-order valence-electron chi connectivity index (χ3n) is 4.82. The first-order chi connectivity index (χ1) is 16.8. The molecule has 6 N–H and O–H groups in total. The van der Waals surface area contributed by atoms with Crippen LogP contribution in [0.25, 0.3) is 11.1 Å². The van der Waals surface area contributed by atoms with E-state index in [1.807, 2.05) is 0 Å². The predicted octanol–water partition coefficient (Wildman–Crippen LogP) is 3.80. The number of aromatic amines is 2. The third kappa shape index (κ3) is 6.06. The van der Waals surface area contributed by atoms with E-state index in [1.165, 1.54) is 6.07 Å². The largest absolute Gasteiger partial charge is 0.476 e. The summed E-state index contributed by atoms with van der Waals surface area (Å²) in [7, 11) is 0. The van der Waals surface area contributed by atoms with Gasteiger partial charge in [-0.3, -0.25) is 15.1 Å². The van der Waals surface area contributed by atoms with Crippen molar-refractivity contribution in [2.75, 3.05) is 16.0 Å². The maximum atomic E-state index is 12.3. The molecule has 0 atom stereocenters. The molecule has 35 heavy (non-hydrogen) atoms. The van der Waals surface area contributed by atoms with Crippen molar-refractivity contribution >= 4 is 57.8 Å². The summed E-state index contributed by atoms with van der Waals surface area (Å²) in [5.41, 5.74) is 1.49. The van der Waals surface area contributed by atoms with E-state index >= 15 is 0 Å². The van der Waals surface area contributed by atoms with Gasteiger partial charge in [0.05, 0.1) is 5.52 Å². The number of aromatic nitrogens is 3. The van der Waals surface area contributed by atoms with Crippen LogP contribution in [0, 0.1) is 0 Å². The van der Waals surface area contributed by atoms with E-state index in [0.717, 1.165) is 0 Å². The van der Waals surface area contributed by atoms with Gasteiger partial charge in [-0.15, -0.1) is 0 Å². The third-order valence-corrected chi connectivity index (χ3v) is 5.07. The molecule has 0 aliphatic rings. The Hall–Kier alpha value is -4.58. The van der Waals surface area contributed by atoms with Crippen LogP contribution in [-0.2, 0) is 11.2 Å². The van der Waals surface area contributed by atoms with Crippen molar-refractivity contribution in [1.82, 2.24) is 15.0 Å². The van der Waals surface area contributed by atoms with Gasteiger partial charge in [-0.25, -0.2) is 19.4 Å². The summed E-state index contributed by atoms with van der Waals surface area (Å²) in [4.78, 5) is 56.6. The minimum absolute atomic E-state index is 0.123. The molecule has 0 aliphatic carbocycles. The first-order valence-corrected chi connectivity index (χ1v) is 10.7. The van der Waals surface area contributed by atoms with Crippen LogP contribution >= 0.6 is 11.6 Å². The lowest BCUT2D eigenvalue weighted by atomic mass is 10.2. The number of oxazole rings is 1. The molecule has 13 heteroatoms. The van der Waals surface area contributed by atoms with E-state index in [0.29, 0.717) is 39.7 Å². The average molecular weight is 499 g/mol. The number of amides is 3. The molecule has 0 fully saturated rings. The number of carbonyl (C=O) groups excluding carboxylic acids is 2. The molecule has 0 spiro atoms. The molecule has 0 saturated carbocycles. The standard InChI is InChI=1S/C22H19ClN6O6/c23-11-4-6-12(7-5-11)25-21(33)29-19-18(20(31)32)27-16(28-19)2-1-3-17(30)24-13-8-9-14-15(10-13)35-22(34)26-14/h4-10H,1-3H2,(H,24,30)(H,26,34)(H,27,28)(H,31,32)(H2,25,29,33). The number of hydrogen-bond donors (Lipinski definition) is 6. The molecule has 2 aromatic carbocycles. The summed E-state index contributed by atoms with van der Waals surface area (Å²) in [5, 5.41) is 17.6. The van der Waals surface area contributed by atoms with E-state index in [4.69, 9.17) is 16.0 Å². The second-order valence-electron chi connectivity index (χ2n) is 7.43. The number of hydrogen-bond acceptors (Lipinski definition) is 6. The Labute approximate surface area is 201 Å². The smallest absolute Gasteiger partial charge is 0.417 e. The van der Waals surface area contributed by atoms with E-state index in [2.05, 4.69) is 30.9 Å². The Balaban J connectivity index is 1.32. The average Bonchev–Trinajstić information content (AvgIpc) is 3.37. The van der Waals surface area contributed by atoms with Crippen LogP contribution < -0.4 is 21.7 Å². The number of carbonyl (C=O) groups is 3. The van der Waals surface area contributed by atoms with Crippen LogP contribution in [0.2, 0.25) is 5.02 Å². The number of carboxylic acids is 1. The second kappa shape index (κ2) is 10.1. The molecule has 12 nitrogen and oxygen atoms in total. The van der Waals surface area contributed by atoms with E-state index in [-0.39, 0.29) is 30.3 Å². The van der Waals surface area contributed by atoms with Crippen molar-refractivity contribution < 1.29 is 23.9 Å². The number of nitrogens with one attached hydrogen (secondary N) is 5. The van der Waals surface area contributed by atoms with Gasteiger partial charge < -0.3 is 25.1 Å². The van der Waals surface area contributed by atoms with E-state index < -0.39 is 17.8 Å². The monoisotopic (exact) mass is 498 g/mol. The lowest BCUT2D eigenvalue weighted by molar-refractivity contribution is -0.116. The summed E-state index contributed by atoms with van der Waals surface area (Å²) in [6.45, 7) is 0. The molecule has 2 aromatic heterocycles. The number of benzene rings is 2. The first kappa shape index (κ1) is 23.6. The van der Waals surface area contributed by atoms with Gasteiger partial charge in [-0.1, -0.05) is 11.6 Å². The molecule has 2 heterocycles. The first-order valence-electron chi connectivity index (χ1n) is 10.4. The molecule has 0 aliphatic heterocycles. The number of anilines is 3. The summed E-state index contributed by atoms with van der Waals surface area (Å²) >= 11 is 5.81. The predicted molar refractivity (Wildman–Crippen MR) is 128 cm³/mol. The number of aryl methyl sites for hydroxylation is 1. The number of nitrogens with zero attached hydrogens (tertiary/aromatic N) is 1. The Morgan fingerprint density at radius 3 is 2.49 bits per heavy atom. The van der Waals surface area contributed by atoms with Crippen molar-refractivity contribution in [3.8, 4) is 0 Å². The molecule has 0 bridgehead atoms. The zero-order valence-electron chi connectivity index (χ0n) is 18.0.